The highest BCUT2D eigenvalue weighted by atomic mass is 32.2. The second-order valence-electron chi connectivity index (χ2n) is 5.90. The van der Waals surface area contributed by atoms with Crippen LogP contribution in [0.4, 0.5) is 0 Å². The van der Waals surface area contributed by atoms with Crippen LogP contribution in [0.3, 0.4) is 0 Å². The minimum absolute atomic E-state index is 0.00194. The Bertz CT molecular complexity index is 1000. The smallest absolute Gasteiger partial charge is 0.339 e. The van der Waals surface area contributed by atoms with Gasteiger partial charge in [0, 0.05) is 6.54 Å². The highest BCUT2D eigenvalue weighted by Gasteiger charge is 2.19. The van der Waals surface area contributed by atoms with Crippen molar-refractivity contribution < 1.29 is 32.3 Å². The third kappa shape index (κ3) is 6.40. The van der Waals surface area contributed by atoms with Gasteiger partial charge in [0.05, 0.1) is 23.1 Å². The van der Waals surface area contributed by atoms with Gasteiger partial charge in [-0.25, -0.2) is 23.1 Å². The summed E-state index contributed by atoms with van der Waals surface area (Å²) in [5.74, 6) is -2.02. The van der Waals surface area contributed by atoms with E-state index in [1.54, 1.807) is 24.3 Å². The third-order valence-corrected chi connectivity index (χ3v) is 4.80. The Morgan fingerprint density at radius 1 is 0.966 bits per heavy atom. The van der Waals surface area contributed by atoms with Crippen LogP contribution in [0.1, 0.15) is 26.3 Å². The molecule has 0 bridgehead atoms. The van der Waals surface area contributed by atoms with E-state index in [0.717, 1.165) is 5.56 Å². The van der Waals surface area contributed by atoms with Crippen molar-refractivity contribution in [3.8, 4) is 0 Å². The molecule has 9 nitrogen and oxygen atoms in total. The topological polar surface area (TPSA) is 142 Å². The molecule has 10 heteroatoms. The van der Waals surface area contributed by atoms with Crippen LogP contribution in [0.15, 0.2) is 53.4 Å². The molecule has 0 spiro atoms. The molecule has 0 aliphatic carbocycles. The van der Waals surface area contributed by atoms with Crippen molar-refractivity contribution >= 4 is 27.9 Å². The fraction of sp³-hybridized carbons (Fsp3) is 0.211. The van der Waals surface area contributed by atoms with E-state index >= 15 is 0 Å². The van der Waals surface area contributed by atoms with Crippen LogP contribution in [0.2, 0.25) is 0 Å². The zero-order valence-electron chi connectivity index (χ0n) is 15.6. The number of rotatable bonds is 8. The molecule has 0 aliphatic rings. The highest BCUT2D eigenvalue weighted by molar-refractivity contribution is 7.89. The normalized spacial score (nSPS) is 10.8. The Balaban J connectivity index is 1.82. The summed E-state index contributed by atoms with van der Waals surface area (Å²) in [5, 5.41) is 7.61. The number of sulfonamides is 1. The van der Waals surface area contributed by atoms with Gasteiger partial charge < -0.3 is 14.8 Å². The number of nitrogens with two attached hydrogens (primary N) is 1. The maximum absolute atomic E-state index is 12.1. The Labute approximate surface area is 167 Å². The van der Waals surface area contributed by atoms with Crippen molar-refractivity contribution in [2.45, 2.75) is 11.3 Å². The zero-order chi connectivity index (χ0) is 21.4. The summed E-state index contributed by atoms with van der Waals surface area (Å²) >= 11 is 0. The molecule has 0 saturated carbocycles. The first-order valence-electron chi connectivity index (χ1n) is 8.45. The van der Waals surface area contributed by atoms with Gasteiger partial charge in [-0.3, -0.25) is 4.79 Å². The van der Waals surface area contributed by atoms with Crippen LogP contribution in [0, 0.1) is 0 Å². The first-order valence-corrected chi connectivity index (χ1v) is 10.00. The number of hydrogen-bond acceptors (Lipinski definition) is 7. The van der Waals surface area contributed by atoms with Crippen molar-refractivity contribution in [1.29, 1.82) is 0 Å². The van der Waals surface area contributed by atoms with Crippen molar-refractivity contribution in [2.75, 3.05) is 20.3 Å². The fourth-order valence-corrected chi connectivity index (χ4v) is 2.92. The number of primary sulfonamides is 1. The monoisotopic (exact) mass is 420 g/mol. The van der Waals surface area contributed by atoms with Crippen LogP contribution in [-0.2, 0) is 30.7 Å². The highest BCUT2D eigenvalue weighted by Crippen LogP contribution is 2.12. The summed E-state index contributed by atoms with van der Waals surface area (Å²) in [7, 11) is -2.55. The maximum atomic E-state index is 12.1. The van der Waals surface area contributed by atoms with E-state index in [0.29, 0.717) is 6.42 Å². The summed E-state index contributed by atoms with van der Waals surface area (Å²) in [4.78, 5) is 35.7. The lowest BCUT2D eigenvalue weighted by molar-refractivity contribution is -0.124. The van der Waals surface area contributed by atoms with Gasteiger partial charge >= 0.3 is 11.9 Å². The van der Waals surface area contributed by atoms with E-state index < -0.39 is 34.5 Å². The Morgan fingerprint density at radius 2 is 1.55 bits per heavy atom. The molecule has 2 aromatic carbocycles. The molecule has 0 aliphatic heterocycles. The summed E-state index contributed by atoms with van der Waals surface area (Å²) < 4.78 is 32.0. The van der Waals surface area contributed by atoms with Crippen molar-refractivity contribution in [2.24, 2.45) is 5.14 Å². The van der Waals surface area contributed by atoms with Gasteiger partial charge in [-0.05, 0) is 36.2 Å². The number of carbonyl (C=O) groups is 3. The van der Waals surface area contributed by atoms with E-state index in [1.165, 1.54) is 31.4 Å². The van der Waals surface area contributed by atoms with Gasteiger partial charge in [-0.2, -0.15) is 0 Å². The molecule has 2 aromatic rings. The standard InChI is InChI=1S/C19H20N2O7S/c1-27-18(23)15-4-2-3-5-16(15)19(24)28-12-17(22)21-11-10-13-6-8-14(9-7-13)29(20,25)26/h2-9H,10-12H2,1H3,(H,21,22)(H2,20,25,26). The van der Waals surface area contributed by atoms with Gasteiger partial charge in [0.2, 0.25) is 10.0 Å². The van der Waals surface area contributed by atoms with E-state index in [-0.39, 0.29) is 22.6 Å². The van der Waals surface area contributed by atoms with Crippen LogP contribution in [-0.4, -0.2) is 46.5 Å². The molecule has 0 saturated heterocycles. The molecule has 0 radical (unpaired) electrons. The molecule has 154 valence electrons. The third-order valence-electron chi connectivity index (χ3n) is 3.87. The van der Waals surface area contributed by atoms with Crippen LogP contribution < -0.4 is 10.5 Å². The summed E-state index contributed by atoms with van der Waals surface area (Å²) in [6.07, 6.45) is 0.440. The van der Waals surface area contributed by atoms with Crippen LogP contribution in [0.25, 0.3) is 0 Å². The quantitative estimate of drug-likeness (QED) is 0.597. The lowest BCUT2D eigenvalue weighted by Crippen LogP contribution is -2.30. The number of carbonyl (C=O) groups excluding carboxylic acids is 3. The first kappa shape index (κ1) is 22.1. The van der Waals surface area contributed by atoms with Gasteiger partial charge in [0.25, 0.3) is 5.91 Å². The number of amides is 1. The number of esters is 2. The molecular weight excluding hydrogens is 400 g/mol. The molecule has 29 heavy (non-hydrogen) atoms. The predicted octanol–water partition coefficient (Wildman–Crippen LogP) is 0.636. The fourth-order valence-electron chi connectivity index (χ4n) is 2.40. The largest absolute Gasteiger partial charge is 0.465 e. The Kier molecular flexibility index (Phi) is 7.46. The summed E-state index contributed by atoms with van der Waals surface area (Å²) in [5.41, 5.74) is 0.840. The number of hydrogen-bond donors (Lipinski definition) is 2. The molecule has 0 heterocycles. The lowest BCUT2D eigenvalue weighted by Gasteiger charge is -2.09. The Hall–Kier alpha value is -3.24. The lowest BCUT2D eigenvalue weighted by atomic mass is 10.1. The van der Waals surface area contributed by atoms with E-state index in [2.05, 4.69) is 10.1 Å². The minimum Gasteiger partial charge on any atom is -0.465 e. The van der Waals surface area contributed by atoms with Crippen molar-refractivity contribution in [3.63, 3.8) is 0 Å². The van der Waals surface area contributed by atoms with Gasteiger partial charge in [0.1, 0.15) is 0 Å². The van der Waals surface area contributed by atoms with Crippen molar-refractivity contribution in [1.82, 2.24) is 5.32 Å². The van der Waals surface area contributed by atoms with Gasteiger partial charge in [0.15, 0.2) is 6.61 Å². The van der Waals surface area contributed by atoms with Gasteiger partial charge in [-0.1, -0.05) is 24.3 Å². The number of ether oxygens (including phenoxy) is 2. The first-order chi connectivity index (χ1) is 13.7. The number of methoxy groups -OCH3 is 1. The average Bonchev–Trinajstić information content (AvgIpc) is 2.71. The molecule has 2 rings (SSSR count). The van der Waals surface area contributed by atoms with Gasteiger partial charge in [-0.15, -0.1) is 0 Å². The number of nitrogens with one attached hydrogen (secondary N) is 1. The van der Waals surface area contributed by atoms with E-state index in [1.807, 2.05) is 0 Å². The molecule has 0 fully saturated rings. The molecule has 0 aromatic heterocycles. The van der Waals surface area contributed by atoms with E-state index in [9.17, 15) is 22.8 Å². The molecule has 1 amide bonds. The minimum atomic E-state index is -3.75. The maximum Gasteiger partial charge on any atom is 0.339 e. The Morgan fingerprint density at radius 3 is 2.10 bits per heavy atom. The van der Waals surface area contributed by atoms with Crippen LogP contribution in [0.5, 0.6) is 0 Å². The van der Waals surface area contributed by atoms with Crippen molar-refractivity contribution in [3.05, 3.63) is 65.2 Å². The molecule has 3 N–H and O–H groups in total. The predicted molar refractivity (Wildman–Crippen MR) is 103 cm³/mol. The van der Waals surface area contributed by atoms with Crippen LogP contribution >= 0.6 is 0 Å². The molecule has 0 atom stereocenters. The second kappa shape index (κ2) is 9.80. The van der Waals surface area contributed by atoms with E-state index in [4.69, 9.17) is 9.88 Å². The summed E-state index contributed by atoms with van der Waals surface area (Å²) in [6, 6.07) is 11.9. The SMILES string of the molecule is COC(=O)c1ccccc1C(=O)OCC(=O)NCCc1ccc(S(N)(=O)=O)cc1. The molecule has 0 unspecified atom stereocenters. The molecular formula is C19H20N2O7S. The number of benzene rings is 2. The zero-order valence-corrected chi connectivity index (χ0v) is 16.4. The average molecular weight is 420 g/mol. The summed E-state index contributed by atoms with van der Waals surface area (Å²) in [6.45, 7) is -0.261. The second-order valence-corrected chi connectivity index (χ2v) is 7.46.